The molecule has 0 fully saturated rings. The molecule has 0 aromatic carbocycles. The highest BCUT2D eigenvalue weighted by molar-refractivity contribution is 4.45. The van der Waals surface area contributed by atoms with Crippen molar-refractivity contribution in [3.8, 4) is 0 Å². The molecule has 0 saturated carbocycles. The maximum atomic E-state index is 3.26. The van der Waals surface area contributed by atoms with Gasteiger partial charge in [-0.3, -0.25) is 4.90 Å². The average Bonchev–Trinajstić information content (AvgIpc) is 1.85. The zero-order valence-corrected chi connectivity index (χ0v) is 6.78. The molecule has 0 aliphatic rings. The molecule has 2 nitrogen and oxygen atoms in total. The van der Waals surface area contributed by atoms with Gasteiger partial charge in [0.2, 0.25) is 0 Å². The van der Waals surface area contributed by atoms with E-state index in [-0.39, 0.29) is 0 Å². The van der Waals surface area contributed by atoms with Crippen molar-refractivity contribution in [2.45, 2.75) is 20.3 Å². The first kappa shape index (κ1) is 8.92. The molecule has 0 aromatic heterocycles. The van der Waals surface area contributed by atoms with E-state index in [0.717, 1.165) is 13.2 Å². The topological polar surface area (TPSA) is 15.3 Å². The maximum Gasteiger partial charge on any atom is 0.0477 e. The van der Waals surface area contributed by atoms with Crippen LogP contribution in [0, 0.1) is 0 Å². The second kappa shape index (κ2) is 6.05. The molecule has 56 valence electrons. The lowest BCUT2D eigenvalue weighted by molar-refractivity contribution is 0.310. The second-order valence-corrected chi connectivity index (χ2v) is 2.34. The number of nitrogens with one attached hydrogen (secondary N) is 1. The molecule has 0 rings (SSSR count). The highest BCUT2D eigenvalue weighted by Gasteiger charge is 1.91. The summed E-state index contributed by atoms with van der Waals surface area (Å²) < 4.78 is 0. The first-order chi connectivity index (χ1) is 4.31. The van der Waals surface area contributed by atoms with E-state index < -0.39 is 0 Å². The van der Waals surface area contributed by atoms with Gasteiger partial charge in [0.25, 0.3) is 0 Å². The lowest BCUT2D eigenvalue weighted by Gasteiger charge is -2.14. The van der Waals surface area contributed by atoms with Crippen molar-refractivity contribution in [3.05, 3.63) is 0 Å². The van der Waals surface area contributed by atoms with Crippen LogP contribution in [0.5, 0.6) is 0 Å². The van der Waals surface area contributed by atoms with Crippen molar-refractivity contribution < 1.29 is 0 Å². The smallest absolute Gasteiger partial charge is 0.0477 e. The van der Waals surface area contributed by atoms with E-state index in [1.54, 1.807) is 0 Å². The van der Waals surface area contributed by atoms with E-state index in [2.05, 4.69) is 31.1 Å². The number of nitrogens with zero attached hydrogens (tertiary/aromatic N) is 1. The minimum atomic E-state index is 1.02. The summed E-state index contributed by atoms with van der Waals surface area (Å²) in [5, 5.41) is 3.26. The molecular formula is C7H18N2. The van der Waals surface area contributed by atoms with Gasteiger partial charge in [-0.1, -0.05) is 13.8 Å². The van der Waals surface area contributed by atoms with Crippen LogP contribution < -0.4 is 5.32 Å². The van der Waals surface area contributed by atoms with Gasteiger partial charge in [0.05, 0.1) is 0 Å². The molecule has 1 N–H and O–H groups in total. The normalized spacial score (nSPS) is 10.7. The summed E-state index contributed by atoms with van der Waals surface area (Å²) >= 11 is 0. The van der Waals surface area contributed by atoms with Crippen LogP contribution in [0.1, 0.15) is 20.3 Å². The lowest BCUT2D eigenvalue weighted by atomic mass is 10.4. The number of rotatable bonds is 5. The molecule has 0 aliphatic heterocycles. The van der Waals surface area contributed by atoms with E-state index >= 15 is 0 Å². The SMILES string of the molecule is CCCN(C)CNCC. The highest BCUT2D eigenvalue weighted by Crippen LogP contribution is 1.81. The Morgan fingerprint density at radius 3 is 2.44 bits per heavy atom. The van der Waals surface area contributed by atoms with E-state index in [9.17, 15) is 0 Å². The molecule has 9 heavy (non-hydrogen) atoms. The largest absolute Gasteiger partial charge is 0.305 e. The predicted molar refractivity (Wildman–Crippen MR) is 41.5 cm³/mol. The monoisotopic (exact) mass is 130 g/mol. The zero-order chi connectivity index (χ0) is 7.11. The van der Waals surface area contributed by atoms with Crippen LogP contribution >= 0.6 is 0 Å². The first-order valence-corrected chi connectivity index (χ1v) is 3.70. The second-order valence-electron chi connectivity index (χ2n) is 2.34. The van der Waals surface area contributed by atoms with Gasteiger partial charge in [-0.05, 0) is 26.6 Å². The summed E-state index contributed by atoms with van der Waals surface area (Å²) in [5.41, 5.74) is 0. The Morgan fingerprint density at radius 2 is 2.00 bits per heavy atom. The quantitative estimate of drug-likeness (QED) is 0.556. The molecule has 0 unspecified atom stereocenters. The minimum Gasteiger partial charge on any atom is -0.305 e. The summed E-state index contributed by atoms with van der Waals surface area (Å²) in [6, 6.07) is 0. The molecule has 0 bridgehead atoms. The van der Waals surface area contributed by atoms with Gasteiger partial charge in [0.15, 0.2) is 0 Å². The Bertz CT molecular complexity index is 54.9. The van der Waals surface area contributed by atoms with Crippen molar-refractivity contribution in [3.63, 3.8) is 0 Å². The summed E-state index contributed by atoms with van der Waals surface area (Å²) in [6.45, 7) is 7.59. The molecule has 0 aliphatic carbocycles. The van der Waals surface area contributed by atoms with Gasteiger partial charge < -0.3 is 5.32 Å². The van der Waals surface area contributed by atoms with Gasteiger partial charge in [-0.2, -0.15) is 0 Å². The molecule has 2 heteroatoms. The zero-order valence-electron chi connectivity index (χ0n) is 6.78. The summed E-state index contributed by atoms with van der Waals surface area (Å²) in [7, 11) is 2.13. The fourth-order valence-corrected chi connectivity index (χ4v) is 0.763. The van der Waals surface area contributed by atoms with Crippen LogP contribution in [0.3, 0.4) is 0 Å². The van der Waals surface area contributed by atoms with Gasteiger partial charge >= 0.3 is 0 Å². The van der Waals surface area contributed by atoms with E-state index in [1.165, 1.54) is 13.0 Å². The molecule has 0 heterocycles. The predicted octanol–water partition coefficient (Wildman–Crippen LogP) is 0.895. The van der Waals surface area contributed by atoms with Crippen LogP contribution in [0.15, 0.2) is 0 Å². The van der Waals surface area contributed by atoms with E-state index in [0.29, 0.717) is 0 Å². The van der Waals surface area contributed by atoms with Crippen molar-refractivity contribution in [1.29, 1.82) is 0 Å². The Kier molecular flexibility index (Phi) is 5.99. The Labute approximate surface area is 58.2 Å². The van der Waals surface area contributed by atoms with E-state index in [4.69, 9.17) is 0 Å². The number of hydrogen-bond donors (Lipinski definition) is 1. The van der Waals surface area contributed by atoms with Crippen molar-refractivity contribution in [1.82, 2.24) is 10.2 Å². The van der Waals surface area contributed by atoms with Gasteiger partial charge in [0.1, 0.15) is 0 Å². The highest BCUT2D eigenvalue weighted by atomic mass is 15.2. The van der Waals surface area contributed by atoms with E-state index in [1.807, 2.05) is 0 Å². The van der Waals surface area contributed by atoms with Crippen molar-refractivity contribution in [2.75, 3.05) is 26.8 Å². The van der Waals surface area contributed by atoms with Crippen molar-refractivity contribution >= 4 is 0 Å². The van der Waals surface area contributed by atoms with Crippen LogP contribution in [0.2, 0.25) is 0 Å². The molecule has 0 atom stereocenters. The molecule has 0 saturated heterocycles. The summed E-state index contributed by atoms with van der Waals surface area (Å²) in [5.74, 6) is 0. The molecular weight excluding hydrogens is 112 g/mol. The first-order valence-electron chi connectivity index (χ1n) is 3.70. The summed E-state index contributed by atoms with van der Waals surface area (Å²) in [4.78, 5) is 2.28. The van der Waals surface area contributed by atoms with Gasteiger partial charge in [-0.15, -0.1) is 0 Å². The van der Waals surface area contributed by atoms with Crippen LogP contribution in [0.4, 0.5) is 0 Å². The van der Waals surface area contributed by atoms with Gasteiger partial charge in [-0.25, -0.2) is 0 Å². The molecule has 0 aromatic rings. The summed E-state index contributed by atoms with van der Waals surface area (Å²) in [6.07, 6.45) is 1.24. The Balaban J connectivity index is 2.95. The van der Waals surface area contributed by atoms with Crippen LogP contribution in [-0.4, -0.2) is 31.7 Å². The van der Waals surface area contributed by atoms with Crippen molar-refractivity contribution in [2.24, 2.45) is 0 Å². The molecule has 0 amide bonds. The Morgan fingerprint density at radius 1 is 1.33 bits per heavy atom. The minimum absolute atomic E-state index is 1.02. The lowest BCUT2D eigenvalue weighted by Crippen LogP contribution is -2.31. The Hall–Kier alpha value is -0.0800. The third kappa shape index (κ3) is 5.80. The molecule has 0 radical (unpaired) electrons. The molecule has 0 spiro atoms. The standard InChI is InChI=1S/C7H18N2/c1-4-6-9(3)7-8-5-2/h8H,4-7H2,1-3H3. The maximum absolute atomic E-state index is 3.26. The van der Waals surface area contributed by atoms with Crippen LogP contribution in [-0.2, 0) is 0 Å². The fraction of sp³-hybridized carbons (Fsp3) is 1.00. The third-order valence-corrected chi connectivity index (χ3v) is 1.24. The average molecular weight is 130 g/mol. The third-order valence-electron chi connectivity index (χ3n) is 1.24. The van der Waals surface area contributed by atoms with Crippen LogP contribution in [0.25, 0.3) is 0 Å². The number of hydrogen-bond acceptors (Lipinski definition) is 2. The fourth-order valence-electron chi connectivity index (χ4n) is 0.763. The van der Waals surface area contributed by atoms with Gasteiger partial charge in [0, 0.05) is 6.67 Å².